The van der Waals surface area contributed by atoms with Crippen molar-refractivity contribution in [3.63, 3.8) is 0 Å². The largest absolute Gasteiger partial charge is 0.463 e. The van der Waals surface area contributed by atoms with Crippen LogP contribution < -0.4 is 0 Å². The summed E-state index contributed by atoms with van der Waals surface area (Å²) >= 11 is 0. The van der Waals surface area contributed by atoms with Crippen molar-refractivity contribution in [3.8, 4) is 0 Å². The first-order chi connectivity index (χ1) is 14.2. The maximum absolute atomic E-state index is 13.7. The lowest BCUT2D eigenvalue weighted by Gasteiger charge is -2.60. The molecule has 0 aromatic heterocycles. The summed E-state index contributed by atoms with van der Waals surface area (Å²) < 4.78 is 5.57. The molecule has 5 fully saturated rings. The molecular weight excluding hydrogens is 378 g/mol. The zero-order valence-electron chi connectivity index (χ0n) is 19.0. The number of carbonyl (C=O) groups excluding carboxylic acids is 3. The normalized spacial score (nSPS) is 50.3. The van der Waals surface area contributed by atoms with Crippen LogP contribution >= 0.6 is 0 Å². The quantitative estimate of drug-likeness (QED) is 0.520. The smallest absolute Gasteiger partial charge is 0.302 e. The van der Waals surface area contributed by atoms with Gasteiger partial charge in [0.1, 0.15) is 17.7 Å². The van der Waals surface area contributed by atoms with Gasteiger partial charge in [-0.3, -0.25) is 19.3 Å². The summed E-state index contributed by atoms with van der Waals surface area (Å²) in [7, 11) is 0. The molecule has 30 heavy (non-hydrogen) atoms. The van der Waals surface area contributed by atoms with E-state index < -0.39 is 5.41 Å². The third kappa shape index (κ3) is 2.87. The molecule has 9 atom stereocenters. The van der Waals surface area contributed by atoms with Gasteiger partial charge >= 0.3 is 5.97 Å². The van der Waals surface area contributed by atoms with Gasteiger partial charge < -0.3 is 4.74 Å². The molecule has 5 aliphatic rings. The van der Waals surface area contributed by atoms with E-state index in [1.165, 1.54) is 6.92 Å². The zero-order chi connectivity index (χ0) is 21.4. The molecule has 1 aliphatic heterocycles. The van der Waals surface area contributed by atoms with E-state index in [1.807, 2.05) is 0 Å². The molecular formula is C25H37NO4. The van der Waals surface area contributed by atoms with Gasteiger partial charge in [0, 0.05) is 43.8 Å². The first-order valence-electron chi connectivity index (χ1n) is 12.1. The fourth-order valence-electron chi connectivity index (χ4n) is 8.74. The molecule has 5 rings (SSSR count). The van der Waals surface area contributed by atoms with Crippen molar-refractivity contribution in [1.82, 2.24) is 4.90 Å². The number of Topliss-reactive ketones (excluding diaryl/α,β-unsaturated/α-hetero) is 2. The summed E-state index contributed by atoms with van der Waals surface area (Å²) in [6.07, 6.45) is 6.92. The van der Waals surface area contributed by atoms with E-state index in [4.69, 9.17) is 4.74 Å². The van der Waals surface area contributed by atoms with Gasteiger partial charge in [-0.25, -0.2) is 0 Å². The van der Waals surface area contributed by atoms with Gasteiger partial charge in [0.25, 0.3) is 0 Å². The second-order valence-electron chi connectivity index (χ2n) is 11.5. The molecule has 1 heterocycles. The van der Waals surface area contributed by atoms with Crippen molar-refractivity contribution in [3.05, 3.63) is 0 Å². The zero-order valence-corrected chi connectivity index (χ0v) is 19.0. The summed E-state index contributed by atoms with van der Waals surface area (Å²) in [5, 5.41) is 0. The van der Waals surface area contributed by atoms with Crippen LogP contribution in [0, 0.1) is 40.4 Å². The molecule has 0 aromatic carbocycles. The number of ether oxygens (including phenoxy) is 1. The van der Waals surface area contributed by atoms with E-state index >= 15 is 0 Å². The second-order valence-corrected chi connectivity index (χ2v) is 11.5. The predicted molar refractivity (Wildman–Crippen MR) is 113 cm³/mol. The maximum Gasteiger partial charge on any atom is 0.302 e. The van der Waals surface area contributed by atoms with Crippen LogP contribution in [-0.2, 0) is 19.1 Å². The minimum Gasteiger partial charge on any atom is -0.463 e. The predicted octanol–water partition coefficient (Wildman–Crippen LogP) is 3.64. The molecule has 0 bridgehead atoms. The standard InChI is InChI=1S/C25H37NO4/c1-14(27)23-21(26-9-10-26)12-20-18-6-5-16-11-17(30-15(2)28)7-8-24(16,3)19(18)13-22(29)25(20,23)4/h16-21,23H,5-13H2,1-4H3/t16-,17+,18-,19+,20+,21+,23-,24-,25-/m0/s1. The third-order valence-corrected chi connectivity index (χ3v) is 10.2. The first kappa shape index (κ1) is 20.7. The number of carbonyl (C=O) groups is 3. The SMILES string of the molecule is CC(=O)O[C@@H]1CC[C@@]2(C)[C@@H](CC[C@H]3[C@H]2CC(=O)[C@]2(C)[C@@H]3C[C@@H](N3CC3)[C@@H]2C(C)=O)C1. The first-order valence-corrected chi connectivity index (χ1v) is 12.1. The Morgan fingerprint density at radius 2 is 1.77 bits per heavy atom. The van der Waals surface area contributed by atoms with Crippen LogP contribution in [0.15, 0.2) is 0 Å². The van der Waals surface area contributed by atoms with Gasteiger partial charge in [-0.2, -0.15) is 0 Å². The Balaban J connectivity index is 1.43. The lowest BCUT2D eigenvalue weighted by molar-refractivity contribution is -0.167. The van der Waals surface area contributed by atoms with Gasteiger partial charge in [0.05, 0.1) is 0 Å². The van der Waals surface area contributed by atoms with Crippen molar-refractivity contribution in [2.24, 2.45) is 40.4 Å². The van der Waals surface area contributed by atoms with Gasteiger partial charge in [-0.15, -0.1) is 0 Å². The molecule has 0 spiro atoms. The lowest BCUT2D eigenvalue weighted by atomic mass is 9.44. The highest BCUT2D eigenvalue weighted by Gasteiger charge is 2.67. The van der Waals surface area contributed by atoms with Gasteiger partial charge in [-0.05, 0) is 74.5 Å². The fraction of sp³-hybridized carbons (Fsp3) is 0.880. The van der Waals surface area contributed by atoms with Crippen LogP contribution in [0.1, 0.15) is 72.6 Å². The van der Waals surface area contributed by atoms with Gasteiger partial charge in [-0.1, -0.05) is 13.8 Å². The monoisotopic (exact) mass is 415 g/mol. The fourth-order valence-corrected chi connectivity index (χ4v) is 8.74. The molecule has 0 aromatic rings. The summed E-state index contributed by atoms with van der Waals surface area (Å²) in [4.78, 5) is 40.4. The van der Waals surface area contributed by atoms with Gasteiger partial charge in [0.2, 0.25) is 0 Å². The average Bonchev–Trinajstić information content (AvgIpc) is 3.45. The minimum absolute atomic E-state index is 0.0438. The van der Waals surface area contributed by atoms with Crippen molar-refractivity contribution in [1.29, 1.82) is 0 Å². The molecule has 0 unspecified atom stereocenters. The van der Waals surface area contributed by atoms with E-state index in [2.05, 4.69) is 18.7 Å². The lowest BCUT2D eigenvalue weighted by Crippen LogP contribution is -2.58. The topological polar surface area (TPSA) is 63.5 Å². The average molecular weight is 416 g/mol. The van der Waals surface area contributed by atoms with Crippen molar-refractivity contribution >= 4 is 17.5 Å². The second kappa shape index (κ2) is 6.88. The van der Waals surface area contributed by atoms with Crippen LogP contribution in [0.5, 0.6) is 0 Å². The number of hydrogen-bond donors (Lipinski definition) is 0. The number of nitrogens with zero attached hydrogens (tertiary/aromatic N) is 1. The van der Waals surface area contributed by atoms with Crippen LogP contribution in [0.25, 0.3) is 0 Å². The number of rotatable bonds is 3. The van der Waals surface area contributed by atoms with E-state index in [0.29, 0.717) is 35.9 Å². The molecule has 166 valence electrons. The Morgan fingerprint density at radius 3 is 2.40 bits per heavy atom. The minimum atomic E-state index is -0.474. The summed E-state index contributed by atoms with van der Waals surface area (Å²) in [6.45, 7) is 9.92. The van der Waals surface area contributed by atoms with E-state index in [-0.39, 0.29) is 35.2 Å². The Labute approximate surface area is 180 Å². The van der Waals surface area contributed by atoms with Gasteiger partial charge in [0.15, 0.2) is 0 Å². The molecule has 0 amide bonds. The summed E-state index contributed by atoms with van der Waals surface area (Å²) in [5.41, 5.74) is -0.321. The number of ketones is 2. The van der Waals surface area contributed by atoms with Crippen LogP contribution in [0.2, 0.25) is 0 Å². The Kier molecular flexibility index (Phi) is 4.74. The molecule has 4 aliphatic carbocycles. The molecule has 1 saturated heterocycles. The van der Waals surface area contributed by atoms with E-state index in [0.717, 1.165) is 51.6 Å². The highest BCUT2D eigenvalue weighted by Crippen LogP contribution is 2.67. The molecule has 5 nitrogen and oxygen atoms in total. The number of esters is 1. The van der Waals surface area contributed by atoms with Crippen LogP contribution in [-0.4, -0.2) is 47.7 Å². The molecule has 4 saturated carbocycles. The summed E-state index contributed by atoms with van der Waals surface area (Å²) in [5.74, 6) is 2.10. The number of fused-ring (bicyclic) bond motifs is 5. The van der Waals surface area contributed by atoms with Crippen molar-refractivity contribution < 1.29 is 19.1 Å². The van der Waals surface area contributed by atoms with E-state index in [1.54, 1.807) is 6.92 Å². The third-order valence-electron chi connectivity index (χ3n) is 10.2. The van der Waals surface area contributed by atoms with Crippen molar-refractivity contribution in [2.75, 3.05) is 13.1 Å². The Bertz CT molecular complexity index is 775. The molecule has 0 N–H and O–H groups in total. The maximum atomic E-state index is 13.7. The van der Waals surface area contributed by atoms with Crippen LogP contribution in [0.4, 0.5) is 0 Å². The molecule has 0 radical (unpaired) electrons. The Morgan fingerprint density at radius 1 is 1.03 bits per heavy atom. The summed E-state index contributed by atoms with van der Waals surface area (Å²) in [6, 6.07) is 0.269. The number of hydrogen-bond acceptors (Lipinski definition) is 5. The highest BCUT2D eigenvalue weighted by atomic mass is 16.5. The Hall–Kier alpha value is -1.23. The highest BCUT2D eigenvalue weighted by molar-refractivity contribution is 5.94. The van der Waals surface area contributed by atoms with E-state index in [9.17, 15) is 14.4 Å². The molecule has 5 heteroatoms. The van der Waals surface area contributed by atoms with Crippen molar-refractivity contribution in [2.45, 2.75) is 84.8 Å². The van der Waals surface area contributed by atoms with Crippen LogP contribution in [0.3, 0.4) is 0 Å².